The van der Waals surface area contributed by atoms with Crippen molar-refractivity contribution in [2.45, 2.75) is 19.4 Å². The van der Waals surface area contributed by atoms with Crippen molar-refractivity contribution in [2.75, 3.05) is 12.1 Å². The first-order chi connectivity index (χ1) is 13.9. The number of non-ortho nitro benzene ring substituents is 1. The third-order valence-electron chi connectivity index (χ3n) is 4.25. The molecule has 1 heterocycles. The normalized spacial score (nSPS) is 13.6. The van der Waals surface area contributed by atoms with Crippen molar-refractivity contribution in [3.63, 3.8) is 0 Å². The van der Waals surface area contributed by atoms with Gasteiger partial charge >= 0.3 is 5.97 Å². The molecule has 0 aliphatic carbocycles. The van der Waals surface area contributed by atoms with Crippen LogP contribution in [-0.2, 0) is 20.9 Å². The zero-order valence-corrected chi connectivity index (χ0v) is 15.4. The summed E-state index contributed by atoms with van der Waals surface area (Å²) < 4.78 is 10.4. The van der Waals surface area contributed by atoms with Gasteiger partial charge in [0.25, 0.3) is 5.69 Å². The lowest BCUT2D eigenvalue weighted by Crippen LogP contribution is -2.50. The Morgan fingerprint density at radius 2 is 1.90 bits per heavy atom. The van der Waals surface area contributed by atoms with Crippen LogP contribution in [0.2, 0.25) is 0 Å². The van der Waals surface area contributed by atoms with E-state index in [2.05, 4.69) is 5.43 Å². The Bertz CT molecular complexity index is 972. The van der Waals surface area contributed by atoms with E-state index in [1.165, 1.54) is 49.6 Å². The molecular formula is C19H17N3O7. The third-order valence-corrected chi connectivity index (χ3v) is 4.25. The maximum absolute atomic E-state index is 12.3. The van der Waals surface area contributed by atoms with Gasteiger partial charge in [-0.15, -0.1) is 0 Å². The molecule has 10 heteroatoms. The summed E-state index contributed by atoms with van der Waals surface area (Å²) in [5.74, 6) is -0.811. The van der Waals surface area contributed by atoms with Crippen molar-refractivity contribution in [2.24, 2.45) is 0 Å². The number of rotatable bonds is 6. The highest BCUT2D eigenvalue weighted by Crippen LogP contribution is 2.25. The molecule has 0 bridgehead atoms. The van der Waals surface area contributed by atoms with Crippen molar-refractivity contribution < 1.29 is 28.8 Å². The lowest BCUT2D eigenvalue weighted by Gasteiger charge is -2.27. The Balaban J connectivity index is 1.69. The van der Waals surface area contributed by atoms with Crippen molar-refractivity contribution in [3.05, 3.63) is 63.7 Å². The Morgan fingerprint density at radius 3 is 2.55 bits per heavy atom. The zero-order chi connectivity index (χ0) is 21.0. The monoisotopic (exact) mass is 399 g/mol. The average molecular weight is 399 g/mol. The van der Waals surface area contributed by atoms with Crippen LogP contribution >= 0.6 is 0 Å². The maximum atomic E-state index is 12.3. The van der Waals surface area contributed by atoms with Crippen LogP contribution < -0.4 is 15.2 Å². The molecule has 0 saturated carbocycles. The van der Waals surface area contributed by atoms with Gasteiger partial charge in [0.05, 0.1) is 23.3 Å². The summed E-state index contributed by atoms with van der Waals surface area (Å²) in [4.78, 5) is 46.1. The molecule has 150 valence electrons. The molecule has 3 rings (SSSR count). The molecule has 1 aliphatic heterocycles. The number of hydrogen-bond donors (Lipinski definition) is 1. The molecule has 2 aromatic rings. The van der Waals surface area contributed by atoms with Crippen molar-refractivity contribution >= 4 is 29.2 Å². The van der Waals surface area contributed by atoms with Crippen LogP contribution in [0.25, 0.3) is 0 Å². The van der Waals surface area contributed by atoms with Crippen LogP contribution in [0.4, 0.5) is 11.4 Å². The zero-order valence-electron chi connectivity index (χ0n) is 15.4. The smallest absolute Gasteiger partial charge is 0.338 e. The van der Waals surface area contributed by atoms with E-state index in [0.29, 0.717) is 17.0 Å². The highest BCUT2D eigenvalue weighted by Gasteiger charge is 2.24. The molecule has 1 N–H and O–H groups in total. The molecule has 2 amide bonds. The topological polar surface area (TPSA) is 128 Å². The van der Waals surface area contributed by atoms with E-state index in [1.54, 1.807) is 0 Å². The molecule has 0 aromatic heterocycles. The predicted octanol–water partition coefficient (Wildman–Crippen LogP) is 2.12. The number of hydrogen-bond acceptors (Lipinski definition) is 7. The third kappa shape index (κ3) is 4.49. The van der Waals surface area contributed by atoms with E-state index in [1.807, 2.05) is 0 Å². The average Bonchev–Trinajstić information content (AvgIpc) is 2.73. The Kier molecular flexibility index (Phi) is 5.72. The van der Waals surface area contributed by atoms with E-state index in [-0.39, 0.29) is 42.5 Å². The van der Waals surface area contributed by atoms with Crippen LogP contribution in [0.5, 0.6) is 5.75 Å². The number of methoxy groups -OCH3 is 1. The summed E-state index contributed by atoms with van der Waals surface area (Å²) in [6.07, 6.45) is 0.252. The van der Waals surface area contributed by atoms with Crippen LogP contribution in [0.1, 0.15) is 28.8 Å². The van der Waals surface area contributed by atoms with Gasteiger partial charge in [0.1, 0.15) is 12.4 Å². The quantitative estimate of drug-likeness (QED) is 0.447. The fourth-order valence-corrected chi connectivity index (χ4v) is 2.75. The first-order valence-electron chi connectivity index (χ1n) is 8.60. The Labute approximate surface area is 165 Å². The van der Waals surface area contributed by atoms with Gasteiger partial charge in [-0.3, -0.25) is 25.1 Å². The molecule has 0 atom stereocenters. The van der Waals surface area contributed by atoms with Gasteiger partial charge < -0.3 is 9.47 Å². The summed E-state index contributed by atoms with van der Waals surface area (Å²) in [5.41, 5.74) is 3.31. The number of anilines is 1. The minimum absolute atomic E-state index is 0.112. The van der Waals surface area contributed by atoms with E-state index in [0.717, 1.165) is 5.01 Å². The molecule has 0 spiro atoms. The van der Waals surface area contributed by atoms with E-state index in [4.69, 9.17) is 9.47 Å². The SMILES string of the molecule is COc1ccc([N+](=O)[O-])cc1COC(=O)c1ccc(N2NC(=O)CCC2=O)cc1. The molecule has 10 nitrogen and oxygen atoms in total. The molecule has 2 aromatic carbocycles. The number of benzene rings is 2. The van der Waals surface area contributed by atoms with Gasteiger partial charge in [0.2, 0.25) is 11.8 Å². The van der Waals surface area contributed by atoms with Crippen molar-refractivity contribution in [1.82, 2.24) is 5.43 Å². The molecule has 1 aliphatic rings. The number of carbonyl (C=O) groups excluding carboxylic acids is 3. The molecule has 29 heavy (non-hydrogen) atoms. The summed E-state index contributed by atoms with van der Waals surface area (Å²) in [6.45, 7) is -0.216. The number of nitro groups is 1. The van der Waals surface area contributed by atoms with Crippen LogP contribution in [-0.4, -0.2) is 29.8 Å². The van der Waals surface area contributed by atoms with Gasteiger partial charge in [-0.1, -0.05) is 0 Å². The molecule has 0 radical (unpaired) electrons. The number of hydrazine groups is 1. The van der Waals surface area contributed by atoms with Crippen molar-refractivity contribution in [3.8, 4) is 5.75 Å². The van der Waals surface area contributed by atoms with Crippen LogP contribution in [0.15, 0.2) is 42.5 Å². The van der Waals surface area contributed by atoms with Gasteiger partial charge in [0, 0.05) is 30.5 Å². The Morgan fingerprint density at radius 1 is 1.17 bits per heavy atom. The second-order valence-electron chi connectivity index (χ2n) is 6.14. The maximum Gasteiger partial charge on any atom is 0.338 e. The second kappa shape index (κ2) is 8.38. The molecule has 1 saturated heterocycles. The van der Waals surface area contributed by atoms with Crippen LogP contribution in [0.3, 0.4) is 0 Å². The van der Waals surface area contributed by atoms with Crippen molar-refractivity contribution in [1.29, 1.82) is 0 Å². The van der Waals surface area contributed by atoms with Gasteiger partial charge in [-0.25, -0.2) is 9.80 Å². The van der Waals surface area contributed by atoms with E-state index >= 15 is 0 Å². The summed E-state index contributed by atoms with van der Waals surface area (Å²) in [6, 6.07) is 9.93. The predicted molar refractivity (Wildman–Crippen MR) is 100 cm³/mol. The standard InChI is InChI=1S/C19H17N3O7/c1-28-16-7-6-15(22(26)27)10-13(16)11-29-19(25)12-2-4-14(5-3-12)21-18(24)9-8-17(23)20-21/h2-7,10H,8-9,11H2,1H3,(H,20,23). The number of amides is 2. The van der Waals surface area contributed by atoms with Crippen LogP contribution in [0, 0.1) is 10.1 Å². The molecule has 1 fully saturated rings. The van der Waals surface area contributed by atoms with Gasteiger partial charge in [-0.2, -0.15) is 0 Å². The summed E-state index contributed by atoms with van der Waals surface area (Å²) >= 11 is 0. The molecular weight excluding hydrogens is 382 g/mol. The largest absolute Gasteiger partial charge is 0.496 e. The first-order valence-corrected chi connectivity index (χ1v) is 8.60. The van der Waals surface area contributed by atoms with E-state index < -0.39 is 10.9 Å². The number of nitrogens with one attached hydrogen (secondary N) is 1. The number of esters is 1. The minimum atomic E-state index is -0.654. The van der Waals surface area contributed by atoms with E-state index in [9.17, 15) is 24.5 Å². The molecule has 0 unspecified atom stereocenters. The lowest BCUT2D eigenvalue weighted by atomic mass is 10.1. The number of ether oxygens (including phenoxy) is 2. The lowest BCUT2D eigenvalue weighted by molar-refractivity contribution is -0.385. The van der Waals surface area contributed by atoms with Gasteiger partial charge in [-0.05, 0) is 30.3 Å². The Hall–Kier alpha value is -3.95. The number of nitrogens with zero attached hydrogens (tertiary/aromatic N) is 2. The number of carbonyl (C=O) groups is 3. The highest BCUT2D eigenvalue weighted by molar-refractivity contribution is 6.01. The fourth-order valence-electron chi connectivity index (χ4n) is 2.75. The second-order valence-corrected chi connectivity index (χ2v) is 6.14. The fraction of sp³-hybridized carbons (Fsp3) is 0.211. The first kappa shape index (κ1) is 19.8. The summed E-state index contributed by atoms with van der Waals surface area (Å²) in [5, 5.41) is 12.1. The van der Waals surface area contributed by atoms with Gasteiger partial charge in [0.15, 0.2) is 0 Å². The minimum Gasteiger partial charge on any atom is -0.496 e. The number of nitro benzene ring substituents is 1. The highest BCUT2D eigenvalue weighted by atomic mass is 16.6. The summed E-state index contributed by atoms with van der Waals surface area (Å²) in [7, 11) is 1.41.